The molecule has 0 N–H and O–H groups in total. The van der Waals surface area contributed by atoms with Gasteiger partial charge in [0.1, 0.15) is 5.75 Å². The summed E-state index contributed by atoms with van der Waals surface area (Å²) in [7, 11) is -5.99. The molecule has 0 atom stereocenters. The Labute approximate surface area is 282 Å². The van der Waals surface area contributed by atoms with Crippen molar-refractivity contribution in [1.29, 1.82) is 0 Å². The quantitative estimate of drug-likeness (QED) is 0.0651. The second kappa shape index (κ2) is 14.4. The van der Waals surface area contributed by atoms with Crippen LogP contribution in [-0.2, 0) is 21.0 Å². The van der Waals surface area contributed by atoms with Crippen molar-refractivity contribution in [2.75, 3.05) is 7.11 Å². The Balaban J connectivity index is 0.000000282. The van der Waals surface area contributed by atoms with Gasteiger partial charge in [-0.15, -0.1) is 0 Å². The van der Waals surface area contributed by atoms with Crippen LogP contribution in [0.5, 0.6) is 5.75 Å². The molecule has 0 amide bonds. The molecule has 0 spiro atoms. The van der Waals surface area contributed by atoms with E-state index < -0.39 is 33.4 Å². The maximum atomic E-state index is 13.0. The third-order valence-corrected chi connectivity index (χ3v) is 10.1. The van der Waals surface area contributed by atoms with Gasteiger partial charge in [-0.05, 0) is 77.5 Å². The molecule has 0 aliphatic heterocycles. The van der Waals surface area contributed by atoms with Crippen LogP contribution in [0.2, 0.25) is 0 Å². The van der Waals surface area contributed by atoms with Crippen molar-refractivity contribution in [3.05, 3.63) is 132 Å². The van der Waals surface area contributed by atoms with Crippen molar-refractivity contribution in [3.63, 3.8) is 0 Å². The van der Waals surface area contributed by atoms with E-state index in [-0.39, 0.29) is 16.7 Å². The average molecular weight is 747 g/mol. The topological polar surface area (TPSA) is 83.5 Å². The monoisotopic (exact) mass is 746 g/mol. The Bertz CT molecular complexity index is 2020. The Morgan fingerprint density at radius 1 is 0.600 bits per heavy atom. The van der Waals surface area contributed by atoms with Gasteiger partial charge in [0.05, 0.1) is 18.0 Å². The van der Waals surface area contributed by atoms with Gasteiger partial charge in [0, 0.05) is 17.2 Å². The van der Waals surface area contributed by atoms with E-state index >= 15 is 0 Å². The summed E-state index contributed by atoms with van der Waals surface area (Å²) in [4.78, 5) is 16.8. The van der Waals surface area contributed by atoms with E-state index in [0.717, 1.165) is 16.5 Å². The molecule has 5 aromatic carbocycles. The predicted molar refractivity (Wildman–Crippen MR) is 166 cm³/mol. The highest BCUT2D eigenvalue weighted by Crippen LogP contribution is 2.54. The molecule has 0 unspecified atom stereocenters. The SMILES string of the molecule is COc1ccc(C(=O)c2ccc3cc([S+](c4ccccc4)c4ccccc4)ccc3c2)cc1.O=S(=O)([O-])C(F)(F)C(F)(F)C(F)(F)C(F)(F)F. The number of carbonyl (C=O) groups excluding carboxylic acids is 1. The van der Waals surface area contributed by atoms with Gasteiger partial charge in [-0.3, -0.25) is 4.79 Å². The van der Waals surface area contributed by atoms with Crippen LogP contribution in [0, 0.1) is 0 Å². The molecule has 5 aromatic rings. The highest BCUT2D eigenvalue weighted by Gasteiger charge is 2.83. The van der Waals surface area contributed by atoms with Crippen LogP contribution < -0.4 is 4.74 Å². The van der Waals surface area contributed by atoms with Gasteiger partial charge < -0.3 is 9.29 Å². The average Bonchev–Trinajstić information content (AvgIpc) is 3.08. The van der Waals surface area contributed by atoms with E-state index in [1.165, 1.54) is 14.7 Å². The number of hydrogen-bond acceptors (Lipinski definition) is 5. The largest absolute Gasteiger partial charge is 0.743 e. The van der Waals surface area contributed by atoms with E-state index in [4.69, 9.17) is 4.74 Å². The molecule has 0 aliphatic rings. The van der Waals surface area contributed by atoms with Crippen LogP contribution in [0.3, 0.4) is 0 Å². The number of ketones is 1. The Hall–Kier alpha value is -4.54. The molecule has 5 nitrogen and oxygen atoms in total. The lowest BCUT2D eigenvalue weighted by Gasteiger charge is -2.34. The normalized spacial score (nSPS) is 12.7. The van der Waals surface area contributed by atoms with Gasteiger partial charge in [-0.2, -0.15) is 39.5 Å². The molecule has 264 valence electrons. The number of halogens is 9. The molecule has 5 rings (SSSR count). The first-order chi connectivity index (χ1) is 23.2. The second-order valence-electron chi connectivity index (χ2n) is 10.3. The molecule has 0 fully saturated rings. The first-order valence-corrected chi connectivity index (χ1v) is 16.6. The Morgan fingerprint density at radius 2 is 1.06 bits per heavy atom. The lowest BCUT2D eigenvalue weighted by molar-refractivity contribution is -0.382. The summed E-state index contributed by atoms with van der Waals surface area (Å²) in [5, 5.41) is -4.93. The summed E-state index contributed by atoms with van der Waals surface area (Å²) in [6.45, 7) is 0. The van der Waals surface area contributed by atoms with Crippen LogP contribution in [0.15, 0.2) is 136 Å². The second-order valence-corrected chi connectivity index (χ2v) is 13.8. The minimum atomic E-state index is -7.43. The Morgan fingerprint density at radius 3 is 1.52 bits per heavy atom. The molecule has 0 aromatic heterocycles. The third kappa shape index (κ3) is 7.61. The number of rotatable bonds is 9. The van der Waals surface area contributed by atoms with Crippen LogP contribution in [0.25, 0.3) is 10.8 Å². The van der Waals surface area contributed by atoms with Crippen molar-refractivity contribution < 1.29 is 62.0 Å². The summed E-state index contributed by atoms with van der Waals surface area (Å²) >= 11 is 0. The number of fused-ring (bicyclic) bond motifs is 1. The number of ether oxygens (including phenoxy) is 1. The summed E-state index contributed by atoms with van der Waals surface area (Å²) in [5.74, 6) is -14.1. The van der Waals surface area contributed by atoms with Gasteiger partial charge in [0.15, 0.2) is 30.6 Å². The zero-order chi connectivity index (χ0) is 37.1. The van der Waals surface area contributed by atoms with E-state index in [9.17, 15) is 57.3 Å². The van der Waals surface area contributed by atoms with Crippen LogP contribution in [-0.4, -0.2) is 49.1 Å². The summed E-state index contributed by atoms with van der Waals surface area (Å²) in [5.41, 5.74) is 1.34. The first kappa shape index (κ1) is 38.3. The molecule has 0 aliphatic carbocycles. The maximum Gasteiger partial charge on any atom is 0.460 e. The zero-order valence-corrected chi connectivity index (χ0v) is 26.9. The molecule has 0 radical (unpaired) electrons. The van der Waals surface area contributed by atoms with Gasteiger partial charge in [0.25, 0.3) is 0 Å². The standard InChI is InChI=1S/C30H23O2S.C4HF9O3S/c1-32-26-17-14-22(15-18-26)30(31)25-13-12-24-21-29(19-16-23(24)20-25)33(27-8-4-2-5-9-27)28-10-6-3-7-11-28;5-1(6,3(9,10)11)2(7,8)4(12,13)17(14,15)16/h2-21H,1H3;(H,14,15,16)/q+1;/p-1. The van der Waals surface area contributed by atoms with Gasteiger partial charge >= 0.3 is 23.3 Å². The highest BCUT2D eigenvalue weighted by atomic mass is 32.2. The van der Waals surface area contributed by atoms with E-state index in [2.05, 4.69) is 78.9 Å². The summed E-state index contributed by atoms with van der Waals surface area (Å²) in [6.07, 6.45) is -7.16. The molecule has 0 bridgehead atoms. The van der Waals surface area contributed by atoms with Gasteiger partial charge in [0.2, 0.25) is 0 Å². The molecule has 16 heteroatoms. The van der Waals surface area contributed by atoms with Gasteiger partial charge in [-0.25, -0.2) is 8.42 Å². The minimum absolute atomic E-state index is 0.0111. The lowest BCUT2D eigenvalue weighted by Crippen LogP contribution is -2.63. The fourth-order valence-corrected chi connectivity index (χ4v) is 7.01. The smallest absolute Gasteiger partial charge is 0.460 e. The number of carbonyl (C=O) groups is 1. The van der Waals surface area contributed by atoms with Gasteiger partial charge in [-0.1, -0.05) is 48.5 Å². The highest BCUT2D eigenvalue weighted by molar-refractivity contribution is 7.97. The number of benzene rings is 5. The minimum Gasteiger partial charge on any atom is -0.743 e. The Kier molecular flexibility index (Phi) is 11.0. The zero-order valence-electron chi connectivity index (χ0n) is 25.3. The van der Waals surface area contributed by atoms with E-state index in [1.807, 2.05) is 30.3 Å². The fraction of sp³-hybridized carbons (Fsp3) is 0.147. The summed E-state index contributed by atoms with van der Waals surface area (Å²) in [6, 6.07) is 41.0. The maximum absolute atomic E-state index is 13.0. The molecule has 0 saturated carbocycles. The number of hydrogen-bond donors (Lipinski definition) is 0. The molecular weight excluding hydrogens is 723 g/mol. The molecule has 0 heterocycles. The molecular formula is C34H23F9O5S2. The van der Waals surface area contributed by atoms with Crippen molar-refractivity contribution in [2.45, 2.75) is 38.0 Å². The van der Waals surface area contributed by atoms with Crippen molar-refractivity contribution >= 4 is 37.6 Å². The fourth-order valence-electron chi connectivity index (χ4n) is 4.44. The predicted octanol–water partition coefficient (Wildman–Crippen LogP) is 9.13. The number of alkyl halides is 9. The molecule has 0 saturated heterocycles. The first-order valence-electron chi connectivity index (χ1n) is 14.0. The third-order valence-electron chi connectivity index (χ3n) is 7.05. The van der Waals surface area contributed by atoms with Crippen molar-refractivity contribution in [3.8, 4) is 5.75 Å². The van der Waals surface area contributed by atoms with Crippen molar-refractivity contribution in [1.82, 2.24) is 0 Å². The summed E-state index contributed by atoms with van der Waals surface area (Å²) < 4.78 is 141. The lowest BCUT2D eigenvalue weighted by atomic mass is 10.00. The van der Waals surface area contributed by atoms with E-state index in [0.29, 0.717) is 11.1 Å². The van der Waals surface area contributed by atoms with E-state index in [1.54, 1.807) is 19.2 Å². The van der Waals surface area contributed by atoms with Crippen LogP contribution >= 0.6 is 0 Å². The van der Waals surface area contributed by atoms with Crippen molar-refractivity contribution in [2.24, 2.45) is 0 Å². The number of methoxy groups -OCH3 is 1. The van der Waals surface area contributed by atoms with Crippen LogP contribution in [0.4, 0.5) is 39.5 Å². The molecule has 50 heavy (non-hydrogen) atoms. The van der Waals surface area contributed by atoms with Crippen LogP contribution in [0.1, 0.15) is 15.9 Å².